The summed E-state index contributed by atoms with van der Waals surface area (Å²) in [6.07, 6.45) is 0. The summed E-state index contributed by atoms with van der Waals surface area (Å²) < 4.78 is 143. The molecule has 0 aromatic heterocycles. The van der Waals surface area contributed by atoms with E-state index in [9.17, 15) is 96.8 Å². The first kappa shape index (κ1) is 40.8. The van der Waals surface area contributed by atoms with Gasteiger partial charge >= 0.3 is 55.0 Å². The topological polar surface area (TPSA) is 250 Å². The first-order valence-electron chi connectivity index (χ1n) is 7.22. The Morgan fingerprint density at radius 2 is 0.486 bits per heavy atom. The monoisotopic (exact) mass is 667 g/mol. The Balaban J connectivity index is -0.000000218. The molecule has 37 heavy (non-hydrogen) atoms. The number of primary amides is 3. The quantitative estimate of drug-likeness (QED) is 0.158. The largest absolute Gasteiger partial charge is 3.00 e. The molecule has 0 aliphatic heterocycles. The molecule has 0 heterocycles. The molecule has 0 aliphatic carbocycles. The van der Waals surface area contributed by atoms with Gasteiger partial charge in [0.2, 0.25) is 0 Å². The molecule has 0 bridgehead atoms. The molecule has 216 valence electrons. The van der Waals surface area contributed by atoms with Crippen LogP contribution in [0.3, 0.4) is 0 Å². The molecular formula is C12H6F12N3O9Rh. The van der Waals surface area contributed by atoms with E-state index in [0.717, 1.165) is 0 Å². The molecule has 3 amide bonds. The Morgan fingerprint density at radius 3 is 0.514 bits per heavy atom. The summed E-state index contributed by atoms with van der Waals surface area (Å²) in [7, 11) is 0. The van der Waals surface area contributed by atoms with Crippen LogP contribution in [0.2, 0.25) is 0 Å². The van der Waals surface area contributed by atoms with Crippen LogP contribution in [0.1, 0.15) is 0 Å². The summed E-state index contributed by atoms with van der Waals surface area (Å²) in [5, 5.41) is 28.3. The van der Waals surface area contributed by atoms with Crippen molar-refractivity contribution in [3.63, 3.8) is 0 Å². The van der Waals surface area contributed by atoms with Crippen LogP contribution in [0.15, 0.2) is 0 Å². The van der Waals surface area contributed by atoms with E-state index < -0.39 is 71.2 Å². The second-order valence-corrected chi connectivity index (χ2v) is 5.40. The van der Waals surface area contributed by atoms with Gasteiger partial charge in [-0.2, -0.15) is 52.7 Å². The zero-order chi connectivity index (χ0) is 30.5. The van der Waals surface area contributed by atoms with Gasteiger partial charge in [-0.05, 0) is 0 Å². The normalized spacial score (nSPS) is 12.3. The van der Waals surface area contributed by atoms with Crippen molar-refractivity contribution in [3.8, 4) is 0 Å². The molecule has 0 atom stereocenters. The third kappa shape index (κ3) is 8.60. The summed E-state index contributed by atoms with van der Waals surface area (Å²) in [4.78, 5) is 57.3. The number of carbonyl (C=O) groups excluding carboxylic acids is 6. The molecule has 0 saturated carbocycles. The van der Waals surface area contributed by atoms with Gasteiger partial charge in [-0.15, -0.1) is 0 Å². The van der Waals surface area contributed by atoms with Gasteiger partial charge in [0, 0.05) is 0 Å². The van der Waals surface area contributed by atoms with E-state index in [1.165, 1.54) is 0 Å². The number of carboxylic acid groups (broad SMARTS) is 3. The number of amides is 3. The molecule has 12 nitrogen and oxygen atoms in total. The van der Waals surface area contributed by atoms with Crippen molar-refractivity contribution in [2.24, 2.45) is 17.2 Å². The molecule has 0 fully saturated rings. The Kier molecular flexibility index (Phi) is 14.0. The van der Waals surface area contributed by atoms with E-state index in [1.54, 1.807) is 0 Å². The number of nitrogens with two attached hydrogens (primary N) is 3. The minimum absolute atomic E-state index is 0. The average Bonchev–Trinajstić information content (AvgIpc) is 2.67. The number of carboxylic acids is 3. The number of hydrogen-bond acceptors (Lipinski definition) is 9. The van der Waals surface area contributed by atoms with Gasteiger partial charge in [0.05, 0.1) is 0 Å². The maximum absolute atomic E-state index is 11.9. The van der Waals surface area contributed by atoms with Gasteiger partial charge in [-0.25, -0.2) is 0 Å². The third-order valence-corrected chi connectivity index (χ3v) is 2.88. The Hall–Kier alpha value is -3.40. The van der Waals surface area contributed by atoms with Crippen molar-refractivity contribution in [3.05, 3.63) is 0 Å². The van der Waals surface area contributed by atoms with Crippen molar-refractivity contribution in [1.29, 1.82) is 0 Å². The van der Waals surface area contributed by atoms with Crippen LogP contribution in [0.5, 0.6) is 0 Å². The fourth-order valence-electron chi connectivity index (χ4n) is 0.849. The molecule has 6 N–H and O–H groups in total. The average molecular weight is 667 g/mol. The molecule has 0 aromatic rings. The second-order valence-electron chi connectivity index (χ2n) is 5.40. The first-order chi connectivity index (χ1) is 15.4. The third-order valence-electron chi connectivity index (χ3n) is 2.88. The van der Waals surface area contributed by atoms with E-state index >= 15 is 0 Å². The van der Waals surface area contributed by atoms with Gasteiger partial charge in [0.25, 0.3) is 17.7 Å². The maximum atomic E-state index is 11.9. The maximum Gasteiger partial charge on any atom is 3.00 e. The van der Waals surface area contributed by atoms with E-state index in [-0.39, 0.29) is 19.5 Å². The summed E-state index contributed by atoms with van der Waals surface area (Å²) in [6.45, 7) is 0. The molecule has 0 aliphatic rings. The number of carbonyl (C=O) groups is 6. The van der Waals surface area contributed by atoms with Crippen molar-refractivity contribution >= 4 is 35.6 Å². The van der Waals surface area contributed by atoms with Gasteiger partial charge in [0.1, 0.15) is 17.9 Å². The van der Waals surface area contributed by atoms with Crippen molar-refractivity contribution < 1.29 is 116 Å². The molecule has 0 unspecified atom stereocenters. The van der Waals surface area contributed by atoms with E-state index in [0.29, 0.717) is 0 Å². The number of hydrogen-bond donors (Lipinski definition) is 3. The fourth-order valence-corrected chi connectivity index (χ4v) is 0.849. The zero-order valence-corrected chi connectivity index (χ0v) is 17.9. The molecule has 25 heteroatoms. The molecule has 0 aromatic carbocycles. The number of halogens is 12. The second kappa shape index (κ2) is 12.7. The van der Waals surface area contributed by atoms with Gasteiger partial charge < -0.3 is 46.9 Å². The van der Waals surface area contributed by atoms with Crippen LogP contribution in [-0.2, 0) is 48.2 Å². The van der Waals surface area contributed by atoms with Gasteiger partial charge in [0.15, 0.2) is 0 Å². The predicted octanol–water partition coefficient (Wildman–Crippen LogP) is -4.53. The summed E-state index contributed by atoms with van der Waals surface area (Å²) in [5.74, 6) is -51.3. The molecule has 0 spiro atoms. The molecular weight excluding hydrogens is 661 g/mol. The Morgan fingerprint density at radius 1 is 0.378 bits per heavy atom. The van der Waals surface area contributed by atoms with Crippen molar-refractivity contribution in [2.45, 2.75) is 35.5 Å². The number of rotatable bonds is 9. The summed E-state index contributed by atoms with van der Waals surface area (Å²) >= 11 is 0. The van der Waals surface area contributed by atoms with Gasteiger partial charge in [-0.1, -0.05) is 0 Å². The minimum Gasteiger partial charge on any atom is -0.544 e. The van der Waals surface area contributed by atoms with Gasteiger partial charge in [-0.3, -0.25) is 14.4 Å². The van der Waals surface area contributed by atoms with Crippen LogP contribution in [-0.4, -0.2) is 71.2 Å². The fraction of sp³-hybridized carbons (Fsp3) is 0.500. The zero-order valence-electron chi connectivity index (χ0n) is 16.3. The van der Waals surface area contributed by atoms with E-state index in [2.05, 4.69) is 17.2 Å². The van der Waals surface area contributed by atoms with Crippen LogP contribution >= 0.6 is 0 Å². The smallest absolute Gasteiger partial charge is 0.544 e. The van der Waals surface area contributed by atoms with Crippen molar-refractivity contribution in [2.75, 3.05) is 0 Å². The van der Waals surface area contributed by atoms with E-state index in [1.807, 2.05) is 0 Å². The molecule has 0 rings (SSSR count). The standard InChI is InChI=1S/3C4H3F4NO3.Rh/c3*5-3(6,1(9)10)4(7,8)2(11)12;/h3*(H2,9,10)(H,11,12);/q;;;+3/p-3. The Bertz CT molecular complexity index is 728. The number of aliphatic carboxylic acids is 3. The van der Waals surface area contributed by atoms with Crippen LogP contribution in [0.4, 0.5) is 52.7 Å². The van der Waals surface area contributed by atoms with Crippen molar-refractivity contribution in [1.82, 2.24) is 0 Å². The predicted molar refractivity (Wildman–Crippen MR) is 72.3 cm³/mol. The molecule has 0 saturated heterocycles. The SMILES string of the molecule is NC(=O)C(F)(F)C(F)(F)C(=O)[O-].NC(=O)C(F)(F)C(F)(F)C(=O)[O-].NC(=O)C(F)(F)C(F)(F)C(=O)[O-].[Rh+3]. The van der Waals surface area contributed by atoms with Crippen LogP contribution in [0, 0.1) is 0 Å². The first-order valence-corrected chi connectivity index (χ1v) is 7.22. The Labute approximate surface area is 205 Å². The molecule has 0 radical (unpaired) electrons. The number of alkyl halides is 12. The van der Waals surface area contributed by atoms with E-state index in [4.69, 9.17) is 0 Å². The summed E-state index contributed by atoms with van der Waals surface area (Å²) in [5.41, 5.74) is 11.5. The summed E-state index contributed by atoms with van der Waals surface area (Å²) in [6, 6.07) is 0. The van der Waals surface area contributed by atoms with Crippen LogP contribution < -0.4 is 32.5 Å². The minimum atomic E-state index is -5.58. The van der Waals surface area contributed by atoms with Crippen LogP contribution in [0.25, 0.3) is 0 Å².